The predicted molar refractivity (Wildman–Crippen MR) is 123 cm³/mol. The molecule has 0 bridgehead atoms. The number of hydrogen-bond donors (Lipinski definition) is 1. The first-order valence-electron chi connectivity index (χ1n) is 10.9. The number of aryl methyl sites for hydroxylation is 1. The van der Waals surface area contributed by atoms with E-state index < -0.39 is 0 Å². The Morgan fingerprint density at radius 1 is 1.13 bits per heavy atom. The molecule has 6 heteroatoms. The van der Waals surface area contributed by atoms with Crippen LogP contribution in [0.3, 0.4) is 0 Å². The number of ether oxygens (including phenoxy) is 1. The van der Waals surface area contributed by atoms with Crippen molar-refractivity contribution in [2.75, 3.05) is 25.5 Å². The minimum absolute atomic E-state index is 0.00130. The SMILES string of the molecule is CNc1cc(C2(C)CCCN(Cc3ccccc3OCc3ccccn3)C2)nc(C)n1. The number of para-hydroxylation sites is 1. The number of nitrogens with zero attached hydrogens (tertiary/aromatic N) is 4. The second-order valence-corrected chi connectivity index (χ2v) is 8.53. The monoisotopic (exact) mass is 417 g/mol. The van der Waals surface area contributed by atoms with Crippen LogP contribution in [0.4, 0.5) is 5.82 Å². The highest BCUT2D eigenvalue weighted by Crippen LogP contribution is 2.34. The van der Waals surface area contributed by atoms with E-state index in [0.29, 0.717) is 6.61 Å². The Hall–Kier alpha value is -2.99. The summed E-state index contributed by atoms with van der Waals surface area (Å²) in [6.07, 6.45) is 4.07. The molecular formula is C25H31N5O. The third-order valence-corrected chi connectivity index (χ3v) is 5.96. The molecule has 1 fully saturated rings. The molecule has 0 radical (unpaired) electrons. The maximum atomic E-state index is 6.13. The molecule has 3 heterocycles. The average Bonchev–Trinajstić information content (AvgIpc) is 2.79. The van der Waals surface area contributed by atoms with Gasteiger partial charge in [0.05, 0.1) is 11.4 Å². The van der Waals surface area contributed by atoms with Gasteiger partial charge in [0, 0.05) is 43.4 Å². The minimum Gasteiger partial charge on any atom is -0.487 e. The number of piperidine rings is 1. The van der Waals surface area contributed by atoms with Gasteiger partial charge in [0.1, 0.15) is 24.0 Å². The number of benzene rings is 1. The van der Waals surface area contributed by atoms with E-state index in [-0.39, 0.29) is 5.41 Å². The molecule has 0 amide bonds. The summed E-state index contributed by atoms with van der Waals surface area (Å²) >= 11 is 0. The van der Waals surface area contributed by atoms with Crippen LogP contribution in [0.2, 0.25) is 0 Å². The average molecular weight is 418 g/mol. The number of rotatable bonds is 7. The molecule has 1 N–H and O–H groups in total. The normalized spacial score (nSPS) is 19.2. The zero-order chi connectivity index (χ0) is 21.7. The van der Waals surface area contributed by atoms with Gasteiger partial charge in [0.15, 0.2) is 0 Å². The number of pyridine rings is 1. The van der Waals surface area contributed by atoms with Crippen molar-refractivity contribution in [2.24, 2.45) is 0 Å². The number of aromatic nitrogens is 3. The molecule has 1 atom stereocenters. The van der Waals surface area contributed by atoms with Crippen molar-refractivity contribution in [3.63, 3.8) is 0 Å². The highest BCUT2D eigenvalue weighted by atomic mass is 16.5. The number of anilines is 1. The fourth-order valence-electron chi connectivity index (χ4n) is 4.34. The Kier molecular flexibility index (Phi) is 6.47. The van der Waals surface area contributed by atoms with Crippen molar-refractivity contribution >= 4 is 5.82 Å². The zero-order valence-corrected chi connectivity index (χ0v) is 18.6. The highest BCUT2D eigenvalue weighted by molar-refractivity contribution is 5.38. The lowest BCUT2D eigenvalue weighted by Crippen LogP contribution is -2.44. The summed E-state index contributed by atoms with van der Waals surface area (Å²) in [5, 5.41) is 3.16. The third-order valence-electron chi connectivity index (χ3n) is 5.96. The van der Waals surface area contributed by atoms with Crippen LogP contribution in [-0.4, -0.2) is 40.0 Å². The first kappa shape index (κ1) is 21.2. The van der Waals surface area contributed by atoms with Crippen molar-refractivity contribution in [3.8, 4) is 5.75 Å². The van der Waals surface area contributed by atoms with E-state index in [0.717, 1.165) is 61.3 Å². The van der Waals surface area contributed by atoms with Crippen LogP contribution in [0.15, 0.2) is 54.7 Å². The van der Waals surface area contributed by atoms with Crippen molar-refractivity contribution < 1.29 is 4.74 Å². The zero-order valence-electron chi connectivity index (χ0n) is 18.6. The van der Waals surface area contributed by atoms with E-state index in [1.807, 2.05) is 44.3 Å². The number of nitrogens with one attached hydrogen (secondary N) is 1. The summed E-state index contributed by atoms with van der Waals surface area (Å²) in [6, 6.07) is 16.3. The Balaban J connectivity index is 1.48. The summed E-state index contributed by atoms with van der Waals surface area (Å²) in [5.74, 6) is 2.62. The molecule has 4 rings (SSSR count). The van der Waals surface area contributed by atoms with Gasteiger partial charge in [0.2, 0.25) is 0 Å². The Bertz CT molecular complexity index is 1010. The van der Waals surface area contributed by atoms with Crippen LogP contribution in [0.1, 0.15) is 42.5 Å². The first-order chi connectivity index (χ1) is 15.1. The van der Waals surface area contributed by atoms with E-state index in [9.17, 15) is 0 Å². The van der Waals surface area contributed by atoms with Crippen molar-refractivity contribution in [1.29, 1.82) is 0 Å². The van der Waals surface area contributed by atoms with Gasteiger partial charge in [0.25, 0.3) is 0 Å². The summed E-state index contributed by atoms with van der Waals surface area (Å²) in [4.78, 5) is 16.1. The van der Waals surface area contributed by atoms with Crippen LogP contribution in [0, 0.1) is 6.92 Å². The summed E-state index contributed by atoms with van der Waals surface area (Å²) < 4.78 is 6.13. The summed E-state index contributed by atoms with van der Waals surface area (Å²) in [5.41, 5.74) is 3.26. The molecule has 3 aromatic rings. The van der Waals surface area contributed by atoms with Crippen LogP contribution < -0.4 is 10.1 Å². The van der Waals surface area contributed by atoms with Gasteiger partial charge in [-0.15, -0.1) is 0 Å². The fourth-order valence-corrected chi connectivity index (χ4v) is 4.34. The Labute approximate surface area is 184 Å². The lowest BCUT2D eigenvalue weighted by Gasteiger charge is -2.40. The second-order valence-electron chi connectivity index (χ2n) is 8.53. The van der Waals surface area contributed by atoms with E-state index >= 15 is 0 Å². The van der Waals surface area contributed by atoms with Gasteiger partial charge in [-0.3, -0.25) is 9.88 Å². The topological polar surface area (TPSA) is 63.2 Å². The van der Waals surface area contributed by atoms with E-state index in [1.165, 1.54) is 5.56 Å². The second kappa shape index (κ2) is 9.43. The molecule has 1 aliphatic heterocycles. The van der Waals surface area contributed by atoms with Crippen LogP contribution in [-0.2, 0) is 18.6 Å². The van der Waals surface area contributed by atoms with E-state index in [1.54, 1.807) is 6.20 Å². The molecule has 0 aliphatic carbocycles. The number of hydrogen-bond acceptors (Lipinski definition) is 6. The molecule has 1 aliphatic rings. The van der Waals surface area contributed by atoms with Gasteiger partial charge in [-0.05, 0) is 44.5 Å². The van der Waals surface area contributed by atoms with Gasteiger partial charge in [-0.25, -0.2) is 9.97 Å². The lowest BCUT2D eigenvalue weighted by molar-refractivity contribution is 0.145. The molecule has 0 saturated carbocycles. The number of likely N-dealkylation sites (tertiary alicyclic amines) is 1. The molecule has 0 spiro atoms. The summed E-state index contributed by atoms with van der Waals surface area (Å²) in [6.45, 7) is 7.65. The largest absolute Gasteiger partial charge is 0.487 e. The quantitative estimate of drug-likeness (QED) is 0.616. The maximum absolute atomic E-state index is 6.13. The molecule has 2 aromatic heterocycles. The third kappa shape index (κ3) is 5.20. The van der Waals surface area contributed by atoms with Crippen LogP contribution >= 0.6 is 0 Å². The van der Waals surface area contributed by atoms with Gasteiger partial charge >= 0.3 is 0 Å². The molecule has 31 heavy (non-hydrogen) atoms. The molecular weight excluding hydrogens is 386 g/mol. The molecule has 1 saturated heterocycles. The Morgan fingerprint density at radius 3 is 2.77 bits per heavy atom. The maximum Gasteiger partial charge on any atom is 0.130 e. The van der Waals surface area contributed by atoms with Gasteiger partial charge in [-0.2, -0.15) is 0 Å². The highest BCUT2D eigenvalue weighted by Gasteiger charge is 2.34. The lowest BCUT2D eigenvalue weighted by atomic mass is 9.78. The molecule has 1 unspecified atom stereocenters. The van der Waals surface area contributed by atoms with E-state index in [2.05, 4.69) is 45.3 Å². The van der Waals surface area contributed by atoms with Gasteiger partial charge < -0.3 is 10.1 Å². The molecule has 1 aromatic carbocycles. The van der Waals surface area contributed by atoms with Crippen molar-refractivity contribution in [3.05, 3.63) is 77.5 Å². The minimum atomic E-state index is 0.00130. The van der Waals surface area contributed by atoms with Crippen LogP contribution in [0.5, 0.6) is 5.75 Å². The molecule has 162 valence electrons. The van der Waals surface area contributed by atoms with Crippen LogP contribution in [0.25, 0.3) is 0 Å². The van der Waals surface area contributed by atoms with E-state index in [4.69, 9.17) is 9.72 Å². The molecule has 6 nitrogen and oxygen atoms in total. The smallest absolute Gasteiger partial charge is 0.130 e. The Morgan fingerprint density at radius 2 is 1.97 bits per heavy atom. The summed E-state index contributed by atoms with van der Waals surface area (Å²) in [7, 11) is 1.91. The van der Waals surface area contributed by atoms with Crippen molar-refractivity contribution in [2.45, 2.75) is 45.3 Å². The fraction of sp³-hybridized carbons (Fsp3) is 0.400. The standard InChI is InChI=1S/C25H31N5O/c1-19-28-23(15-24(26-3)29-19)25(2)12-8-14-30(18-25)16-20-9-4-5-11-22(20)31-17-21-10-6-7-13-27-21/h4-7,9-11,13,15H,8,12,14,16-18H2,1-3H3,(H,26,28,29). The van der Waals surface area contributed by atoms with Crippen molar-refractivity contribution in [1.82, 2.24) is 19.9 Å². The predicted octanol–water partition coefficient (Wildman–Crippen LogP) is 4.35. The van der Waals surface area contributed by atoms with Gasteiger partial charge in [-0.1, -0.05) is 31.2 Å². The first-order valence-corrected chi connectivity index (χ1v) is 10.9.